The third kappa shape index (κ3) is 2.29. The summed E-state index contributed by atoms with van der Waals surface area (Å²) in [5.74, 6) is 0. The van der Waals surface area contributed by atoms with Gasteiger partial charge in [-0.25, -0.2) is 4.79 Å². The van der Waals surface area contributed by atoms with E-state index in [0.29, 0.717) is 5.41 Å². The van der Waals surface area contributed by atoms with Crippen LogP contribution in [0, 0.1) is 5.41 Å². The molecule has 3 nitrogen and oxygen atoms in total. The zero-order valence-electron chi connectivity index (χ0n) is 10.3. The smallest absolute Gasteiger partial charge is 0.411 e. The van der Waals surface area contributed by atoms with E-state index in [0.717, 1.165) is 13.0 Å². The minimum absolute atomic E-state index is 0.185. The lowest BCUT2D eigenvalue weighted by Gasteiger charge is -2.37. The van der Waals surface area contributed by atoms with Crippen molar-refractivity contribution in [3.05, 3.63) is 0 Å². The van der Waals surface area contributed by atoms with Gasteiger partial charge in [-0.15, -0.1) is 0 Å². The van der Waals surface area contributed by atoms with Crippen LogP contribution in [0.15, 0.2) is 0 Å². The molecule has 2 rings (SSSR count). The molecule has 0 radical (unpaired) electrons. The third-order valence-electron chi connectivity index (χ3n) is 3.49. The average Bonchev–Trinajstić information content (AvgIpc) is 2.39. The highest BCUT2D eigenvalue weighted by molar-refractivity contribution is 6.21. The molecule has 1 aliphatic heterocycles. The van der Waals surface area contributed by atoms with Crippen molar-refractivity contribution >= 4 is 17.7 Å². The number of ether oxygens (including phenoxy) is 1. The summed E-state index contributed by atoms with van der Waals surface area (Å²) in [7, 11) is 0. The Labute approximate surface area is 102 Å². The molecule has 0 N–H and O–H groups in total. The van der Waals surface area contributed by atoms with Gasteiger partial charge >= 0.3 is 6.09 Å². The molecule has 4 heteroatoms. The summed E-state index contributed by atoms with van der Waals surface area (Å²) in [5, 5.41) is 0. The van der Waals surface area contributed by atoms with E-state index in [1.807, 2.05) is 20.8 Å². The van der Waals surface area contributed by atoms with E-state index in [1.54, 1.807) is 4.90 Å². The van der Waals surface area contributed by atoms with Crippen molar-refractivity contribution < 1.29 is 9.53 Å². The van der Waals surface area contributed by atoms with Gasteiger partial charge < -0.3 is 4.74 Å². The van der Waals surface area contributed by atoms with Gasteiger partial charge in [0.05, 0.1) is 0 Å². The first-order valence-corrected chi connectivity index (χ1v) is 6.39. The SMILES string of the molecule is CC(C)(C)OC(=O)N1CC2(CCC2)CC1Cl. The molecule has 0 aromatic rings. The topological polar surface area (TPSA) is 29.5 Å². The van der Waals surface area contributed by atoms with E-state index in [-0.39, 0.29) is 11.6 Å². The van der Waals surface area contributed by atoms with E-state index >= 15 is 0 Å². The number of nitrogens with zero attached hydrogens (tertiary/aromatic N) is 1. The first-order valence-electron chi connectivity index (χ1n) is 5.95. The molecule has 2 aliphatic rings. The average molecular weight is 246 g/mol. The Morgan fingerprint density at radius 2 is 2.06 bits per heavy atom. The second-order valence-electron chi connectivity index (χ2n) is 6.10. The summed E-state index contributed by atoms with van der Waals surface area (Å²) in [4.78, 5) is 13.6. The summed E-state index contributed by atoms with van der Waals surface area (Å²) in [6.45, 7) is 6.41. The van der Waals surface area contributed by atoms with Crippen LogP contribution in [0.1, 0.15) is 46.5 Å². The van der Waals surface area contributed by atoms with Crippen LogP contribution in [-0.2, 0) is 4.74 Å². The summed E-state index contributed by atoms with van der Waals surface area (Å²) in [5.41, 5.74) is -0.318. The van der Waals surface area contributed by atoms with Gasteiger partial charge in [0.2, 0.25) is 0 Å². The predicted octanol–water partition coefficient (Wildman–Crippen LogP) is 3.36. The molecule has 2 fully saturated rings. The standard InChI is InChI=1S/C12H20ClNO2/c1-11(2,3)16-10(15)14-8-12(5-4-6-12)7-9(14)13/h9H,4-8H2,1-3H3. The highest BCUT2D eigenvalue weighted by Crippen LogP contribution is 2.51. The van der Waals surface area contributed by atoms with Gasteiger partial charge in [-0.05, 0) is 45.4 Å². The Morgan fingerprint density at radius 3 is 2.44 bits per heavy atom. The minimum atomic E-state index is -0.441. The normalized spacial score (nSPS) is 28.0. The van der Waals surface area contributed by atoms with Crippen molar-refractivity contribution in [3.63, 3.8) is 0 Å². The van der Waals surface area contributed by atoms with Crippen LogP contribution < -0.4 is 0 Å². The zero-order chi connectivity index (χ0) is 12.0. The van der Waals surface area contributed by atoms with Crippen molar-refractivity contribution in [1.82, 2.24) is 4.90 Å². The summed E-state index contributed by atoms with van der Waals surface area (Å²) < 4.78 is 5.36. The molecule has 0 aromatic carbocycles. The molecule has 16 heavy (non-hydrogen) atoms. The Kier molecular flexibility index (Phi) is 2.85. The molecule has 1 heterocycles. The van der Waals surface area contributed by atoms with Gasteiger partial charge in [0.1, 0.15) is 11.1 Å². The number of carbonyl (C=O) groups is 1. The molecule has 1 unspecified atom stereocenters. The van der Waals surface area contributed by atoms with Crippen LogP contribution >= 0.6 is 11.6 Å². The first-order chi connectivity index (χ1) is 7.31. The highest BCUT2D eigenvalue weighted by atomic mass is 35.5. The molecule has 92 valence electrons. The fourth-order valence-corrected chi connectivity index (χ4v) is 3.01. The second-order valence-corrected chi connectivity index (χ2v) is 6.60. The van der Waals surface area contributed by atoms with Gasteiger partial charge in [-0.2, -0.15) is 0 Å². The molecule has 0 bridgehead atoms. The van der Waals surface area contributed by atoms with Crippen LogP contribution in [0.25, 0.3) is 0 Å². The van der Waals surface area contributed by atoms with Gasteiger partial charge in [0, 0.05) is 6.54 Å². The van der Waals surface area contributed by atoms with Crippen LogP contribution in [0.3, 0.4) is 0 Å². The molecule has 1 saturated carbocycles. The van der Waals surface area contributed by atoms with Crippen LogP contribution in [0.5, 0.6) is 0 Å². The fraction of sp³-hybridized carbons (Fsp3) is 0.917. The Hall–Kier alpha value is -0.440. The predicted molar refractivity (Wildman–Crippen MR) is 63.5 cm³/mol. The lowest BCUT2D eigenvalue weighted by atomic mass is 9.68. The number of amides is 1. The van der Waals surface area contributed by atoms with Crippen molar-refractivity contribution in [1.29, 1.82) is 0 Å². The maximum absolute atomic E-state index is 11.9. The number of alkyl halides is 1. The van der Waals surface area contributed by atoms with Gasteiger partial charge in [-0.3, -0.25) is 4.90 Å². The summed E-state index contributed by atoms with van der Waals surface area (Å²) >= 11 is 6.22. The highest BCUT2D eigenvalue weighted by Gasteiger charge is 2.49. The zero-order valence-corrected chi connectivity index (χ0v) is 11.0. The number of hydrogen-bond acceptors (Lipinski definition) is 2. The lowest BCUT2D eigenvalue weighted by Crippen LogP contribution is -2.40. The maximum Gasteiger partial charge on any atom is 0.411 e. The van der Waals surface area contributed by atoms with Crippen molar-refractivity contribution in [2.75, 3.05) is 6.54 Å². The van der Waals surface area contributed by atoms with Crippen LogP contribution in [0.4, 0.5) is 4.79 Å². The van der Waals surface area contributed by atoms with E-state index in [9.17, 15) is 4.79 Å². The number of carbonyl (C=O) groups excluding carboxylic acids is 1. The van der Waals surface area contributed by atoms with E-state index < -0.39 is 5.60 Å². The molecule has 1 amide bonds. The number of halogens is 1. The molecule has 1 saturated heterocycles. The largest absolute Gasteiger partial charge is 0.444 e. The Balaban J connectivity index is 1.97. The summed E-state index contributed by atoms with van der Waals surface area (Å²) in [6.07, 6.45) is 4.33. The fourth-order valence-electron chi connectivity index (χ4n) is 2.53. The maximum atomic E-state index is 11.9. The van der Waals surface area contributed by atoms with E-state index in [4.69, 9.17) is 16.3 Å². The van der Waals surface area contributed by atoms with Crippen LogP contribution in [-0.4, -0.2) is 28.6 Å². The van der Waals surface area contributed by atoms with Crippen molar-refractivity contribution in [2.45, 2.75) is 57.6 Å². The molecule has 1 aliphatic carbocycles. The monoisotopic (exact) mass is 245 g/mol. The Morgan fingerprint density at radius 1 is 1.44 bits per heavy atom. The van der Waals surface area contributed by atoms with Crippen LogP contribution in [0.2, 0.25) is 0 Å². The number of likely N-dealkylation sites (tertiary alicyclic amines) is 1. The van der Waals surface area contributed by atoms with Crippen molar-refractivity contribution in [3.8, 4) is 0 Å². The molecular weight excluding hydrogens is 226 g/mol. The van der Waals surface area contributed by atoms with Gasteiger partial charge in [-0.1, -0.05) is 18.0 Å². The first kappa shape index (κ1) is 12.0. The van der Waals surface area contributed by atoms with E-state index in [1.165, 1.54) is 19.3 Å². The third-order valence-corrected chi connectivity index (χ3v) is 3.88. The molecule has 1 spiro atoms. The molecule has 1 atom stereocenters. The molecule has 0 aromatic heterocycles. The van der Waals surface area contributed by atoms with Crippen molar-refractivity contribution in [2.24, 2.45) is 5.41 Å². The lowest BCUT2D eigenvalue weighted by molar-refractivity contribution is 0.0228. The summed E-state index contributed by atoms with van der Waals surface area (Å²) in [6, 6.07) is 0. The number of rotatable bonds is 0. The molecular formula is C12H20ClNO2. The minimum Gasteiger partial charge on any atom is -0.444 e. The second kappa shape index (κ2) is 3.80. The van der Waals surface area contributed by atoms with E-state index in [2.05, 4.69) is 0 Å². The number of hydrogen-bond donors (Lipinski definition) is 0. The quantitative estimate of drug-likeness (QED) is 0.484. The van der Waals surface area contributed by atoms with Gasteiger partial charge in [0.15, 0.2) is 0 Å². The van der Waals surface area contributed by atoms with Gasteiger partial charge in [0.25, 0.3) is 0 Å². The Bertz CT molecular complexity index is 294.